The number of rotatable bonds is 7. The molecule has 0 aromatic carbocycles. The van der Waals surface area contributed by atoms with Crippen LogP contribution < -0.4 is 10.1 Å². The Labute approximate surface area is 115 Å². The van der Waals surface area contributed by atoms with Crippen molar-refractivity contribution in [1.82, 2.24) is 9.97 Å². The van der Waals surface area contributed by atoms with Crippen molar-refractivity contribution in [3.8, 4) is 5.88 Å². The lowest BCUT2D eigenvalue weighted by molar-refractivity contribution is 0.323. The number of anilines is 1. The smallest absolute Gasteiger partial charge is 0.221 e. The highest BCUT2D eigenvalue weighted by Gasteiger charge is 2.41. The quantitative estimate of drug-likeness (QED) is 0.819. The first-order chi connectivity index (χ1) is 9.29. The molecule has 2 fully saturated rings. The molecule has 0 aliphatic heterocycles. The highest BCUT2D eigenvalue weighted by molar-refractivity contribution is 5.47. The minimum absolute atomic E-state index is 0.643. The van der Waals surface area contributed by atoms with Gasteiger partial charge in [-0.05, 0) is 57.3 Å². The van der Waals surface area contributed by atoms with Crippen LogP contribution in [0.3, 0.4) is 0 Å². The predicted molar refractivity (Wildman–Crippen MR) is 75.4 cm³/mol. The van der Waals surface area contributed by atoms with Crippen LogP contribution in [0.1, 0.15) is 38.2 Å². The third-order valence-corrected chi connectivity index (χ3v) is 4.28. The van der Waals surface area contributed by atoms with Crippen LogP contribution in [0.15, 0.2) is 6.33 Å². The molecule has 4 nitrogen and oxygen atoms in total. The first-order valence-corrected chi connectivity index (χ1v) is 7.47. The van der Waals surface area contributed by atoms with Gasteiger partial charge >= 0.3 is 0 Å². The normalized spacial score (nSPS) is 18.7. The van der Waals surface area contributed by atoms with Gasteiger partial charge in [0.1, 0.15) is 12.1 Å². The van der Waals surface area contributed by atoms with Crippen molar-refractivity contribution in [2.75, 3.05) is 18.5 Å². The second-order valence-corrected chi connectivity index (χ2v) is 5.81. The summed E-state index contributed by atoms with van der Waals surface area (Å²) in [7, 11) is 0. The Bertz CT molecular complexity index is 429. The van der Waals surface area contributed by atoms with E-state index in [1.54, 1.807) is 6.33 Å². The van der Waals surface area contributed by atoms with E-state index in [0.29, 0.717) is 12.5 Å². The summed E-state index contributed by atoms with van der Waals surface area (Å²) in [6.45, 7) is 5.70. The van der Waals surface area contributed by atoms with Gasteiger partial charge in [-0.2, -0.15) is 0 Å². The van der Waals surface area contributed by atoms with Gasteiger partial charge in [-0.1, -0.05) is 0 Å². The van der Waals surface area contributed by atoms with Crippen molar-refractivity contribution in [3.63, 3.8) is 0 Å². The van der Waals surface area contributed by atoms with Gasteiger partial charge in [0.2, 0.25) is 5.88 Å². The summed E-state index contributed by atoms with van der Waals surface area (Å²) >= 11 is 0. The van der Waals surface area contributed by atoms with Crippen LogP contribution in [0.25, 0.3) is 0 Å². The van der Waals surface area contributed by atoms with Gasteiger partial charge < -0.3 is 10.1 Å². The first kappa shape index (κ1) is 12.7. The van der Waals surface area contributed by atoms with Crippen LogP contribution in [-0.2, 0) is 0 Å². The summed E-state index contributed by atoms with van der Waals surface area (Å²) in [5.41, 5.74) is 1.02. The van der Waals surface area contributed by atoms with E-state index in [1.165, 1.54) is 25.7 Å². The van der Waals surface area contributed by atoms with Gasteiger partial charge in [-0.3, -0.25) is 0 Å². The lowest BCUT2D eigenvalue weighted by Gasteiger charge is -2.18. The van der Waals surface area contributed by atoms with E-state index >= 15 is 0 Å². The van der Waals surface area contributed by atoms with Crippen molar-refractivity contribution in [3.05, 3.63) is 11.9 Å². The first-order valence-electron chi connectivity index (χ1n) is 7.47. The van der Waals surface area contributed by atoms with Gasteiger partial charge in [0.15, 0.2) is 0 Å². The molecule has 1 heterocycles. The van der Waals surface area contributed by atoms with Crippen LogP contribution in [0, 0.1) is 24.7 Å². The van der Waals surface area contributed by atoms with E-state index in [-0.39, 0.29) is 0 Å². The fraction of sp³-hybridized carbons (Fsp3) is 0.733. The summed E-state index contributed by atoms with van der Waals surface area (Å²) in [6, 6.07) is 0. The Balaban J connectivity index is 1.63. The third kappa shape index (κ3) is 2.99. The van der Waals surface area contributed by atoms with E-state index in [9.17, 15) is 0 Å². The maximum Gasteiger partial charge on any atom is 0.221 e. The Morgan fingerprint density at radius 2 is 1.95 bits per heavy atom. The van der Waals surface area contributed by atoms with Gasteiger partial charge in [-0.25, -0.2) is 9.97 Å². The molecule has 0 unspecified atom stereocenters. The molecule has 19 heavy (non-hydrogen) atoms. The molecule has 2 aliphatic rings. The van der Waals surface area contributed by atoms with E-state index in [0.717, 1.165) is 35.7 Å². The second-order valence-electron chi connectivity index (χ2n) is 5.81. The van der Waals surface area contributed by atoms with Gasteiger partial charge in [-0.15, -0.1) is 0 Å². The molecule has 0 saturated heterocycles. The SMILES string of the molecule is CCOc1ncnc(NCC(C2CC2)C2CC2)c1C. The molecule has 0 bridgehead atoms. The van der Waals surface area contributed by atoms with Crippen molar-refractivity contribution in [2.45, 2.75) is 39.5 Å². The average molecular weight is 261 g/mol. The molecule has 0 spiro atoms. The zero-order valence-corrected chi connectivity index (χ0v) is 11.9. The topological polar surface area (TPSA) is 47.0 Å². The maximum atomic E-state index is 5.51. The minimum Gasteiger partial charge on any atom is -0.478 e. The number of aromatic nitrogens is 2. The van der Waals surface area contributed by atoms with Gasteiger partial charge in [0.05, 0.1) is 12.2 Å². The largest absolute Gasteiger partial charge is 0.478 e. The fourth-order valence-corrected chi connectivity index (χ4v) is 2.88. The van der Waals surface area contributed by atoms with Crippen LogP contribution in [0.2, 0.25) is 0 Å². The van der Waals surface area contributed by atoms with Crippen LogP contribution in [0.5, 0.6) is 5.88 Å². The highest BCUT2D eigenvalue weighted by Crippen LogP contribution is 2.49. The zero-order valence-electron chi connectivity index (χ0n) is 11.9. The molecule has 0 atom stereocenters. The molecule has 1 aromatic rings. The Morgan fingerprint density at radius 1 is 1.26 bits per heavy atom. The summed E-state index contributed by atoms with van der Waals surface area (Å²) in [5.74, 6) is 4.42. The number of nitrogens with zero attached hydrogens (tertiary/aromatic N) is 2. The third-order valence-electron chi connectivity index (χ3n) is 4.28. The molecule has 2 aliphatic carbocycles. The minimum atomic E-state index is 0.643. The molecular formula is C15H23N3O. The molecule has 1 aromatic heterocycles. The fourth-order valence-electron chi connectivity index (χ4n) is 2.88. The molecule has 4 heteroatoms. The van der Waals surface area contributed by atoms with Crippen LogP contribution in [0.4, 0.5) is 5.82 Å². The van der Waals surface area contributed by atoms with Gasteiger partial charge in [0.25, 0.3) is 0 Å². The molecule has 1 N–H and O–H groups in total. The Hall–Kier alpha value is -1.32. The summed E-state index contributed by atoms with van der Waals surface area (Å²) in [5, 5.41) is 3.52. The molecule has 0 amide bonds. The van der Waals surface area contributed by atoms with Crippen molar-refractivity contribution in [2.24, 2.45) is 17.8 Å². The van der Waals surface area contributed by atoms with E-state index in [4.69, 9.17) is 4.74 Å². The van der Waals surface area contributed by atoms with E-state index in [2.05, 4.69) is 15.3 Å². The second kappa shape index (κ2) is 5.35. The standard InChI is InChI=1S/C15H23N3O/c1-3-19-15-10(2)14(17-9-18-15)16-8-13(11-4-5-11)12-6-7-12/h9,11-13H,3-8H2,1-2H3,(H,16,17,18). The van der Waals surface area contributed by atoms with E-state index in [1.807, 2.05) is 13.8 Å². The highest BCUT2D eigenvalue weighted by atomic mass is 16.5. The molecule has 3 rings (SSSR count). The number of hydrogen-bond donors (Lipinski definition) is 1. The Morgan fingerprint density at radius 3 is 2.53 bits per heavy atom. The van der Waals surface area contributed by atoms with Crippen molar-refractivity contribution < 1.29 is 4.74 Å². The average Bonchev–Trinajstić information content (AvgIpc) is 3.27. The van der Waals surface area contributed by atoms with Crippen LogP contribution in [-0.4, -0.2) is 23.1 Å². The number of hydrogen-bond acceptors (Lipinski definition) is 4. The summed E-state index contributed by atoms with van der Waals surface area (Å²) in [6.07, 6.45) is 7.29. The van der Waals surface area contributed by atoms with Crippen molar-refractivity contribution >= 4 is 5.82 Å². The predicted octanol–water partition coefficient (Wildman–Crippen LogP) is 3.03. The number of ether oxygens (including phenoxy) is 1. The summed E-state index contributed by atoms with van der Waals surface area (Å²) in [4.78, 5) is 8.53. The van der Waals surface area contributed by atoms with E-state index < -0.39 is 0 Å². The molecule has 2 saturated carbocycles. The zero-order chi connectivity index (χ0) is 13.2. The monoisotopic (exact) mass is 261 g/mol. The van der Waals surface area contributed by atoms with Crippen LogP contribution >= 0.6 is 0 Å². The van der Waals surface area contributed by atoms with Gasteiger partial charge in [0, 0.05) is 6.54 Å². The maximum absolute atomic E-state index is 5.51. The molecular weight excluding hydrogens is 238 g/mol. The Kier molecular flexibility index (Phi) is 3.58. The number of nitrogens with one attached hydrogen (secondary N) is 1. The lowest BCUT2D eigenvalue weighted by Crippen LogP contribution is -2.19. The lowest BCUT2D eigenvalue weighted by atomic mass is 9.98. The molecule has 104 valence electrons. The van der Waals surface area contributed by atoms with Crippen molar-refractivity contribution in [1.29, 1.82) is 0 Å². The molecule has 0 radical (unpaired) electrons. The summed E-state index contributed by atoms with van der Waals surface area (Å²) < 4.78 is 5.51.